The maximum Gasteiger partial charge on any atom is 0.336 e. The quantitative estimate of drug-likeness (QED) is 0.130. The van der Waals surface area contributed by atoms with Crippen LogP contribution in [0.3, 0.4) is 0 Å². The molecule has 0 radical (unpaired) electrons. The Kier molecular flexibility index (Phi) is 11.4. The summed E-state index contributed by atoms with van der Waals surface area (Å²) in [5.41, 5.74) is 3.71. The summed E-state index contributed by atoms with van der Waals surface area (Å²) in [5.74, 6) is -4.78. The molecule has 0 saturated carbocycles. The van der Waals surface area contributed by atoms with Gasteiger partial charge >= 0.3 is 5.97 Å². The summed E-state index contributed by atoms with van der Waals surface area (Å²) < 4.78 is 40.4. The van der Waals surface area contributed by atoms with Gasteiger partial charge in [-0.15, -0.1) is 0 Å². The van der Waals surface area contributed by atoms with E-state index >= 15 is 0 Å². The number of carbonyl (C=O) groups is 4. The second-order valence-corrected chi connectivity index (χ2v) is 17.3. The van der Waals surface area contributed by atoms with Gasteiger partial charge in [-0.3, -0.25) is 24.2 Å². The van der Waals surface area contributed by atoms with Crippen LogP contribution < -0.4 is 10.7 Å². The van der Waals surface area contributed by atoms with Crippen molar-refractivity contribution in [3.63, 3.8) is 0 Å². The van der Waals surface area contributed by atoms with Crippen LogP contribution in [-0.2, 0) is 26.2 Å². The van der Waals surface area contributed by atoms with Gasteiger partial charge in [0, 0.05) is 52.5 Å². The number of piperidine rings is 1. The van der Waals surface area contributed by atoms with Gasteiger partial charge in [0.15, 0.2) is 5.43 Å². The van der Waals surface area contributed by atoms with Crippen LogP contribution in [0.15, 0.2) is 124 Å². The fourth-order valence-electron chi connectivity index (χ4n) is 9.21. The topological polar surface area (TPSA) is 183 Å². The maximum atomic E-state index is 13.9. The van der Waals surface area contributed by atoms with E-state index in [0.717, 1.165) is 23.3 Å². The highest BCUT2D eigenvalue weighted by atomic mass is 19.3. The number of benzene rings is 4. The zero-order chi connectivity index (χ0) is 46.3. The Hall–Kier alpha value is -7.73. The van der Waals surface area contributed by atoms with Crippen LogP contribution in [0.1, 0.15) is 64.4 Å². The Labute approximate surface area is 376 Å². The molecule has 2 N–H and O–H groups in total. The molecule has 13 nitrogen and oxygen atoms in total. The Morgan fingerprint density at radius 2 is 1.82 bits per heavy atom. The van der Waals surface area contributed by atoms with Crippen LogP contribution in [0.4, 0.5) is 8.78 Å². The van der Waals surface area contributed by atoms with E-state index in [9.17, 15) is 43.1 Å². The minimum absolute atomic E-state index is 0.0317. The number of likely N-dealkylation sites (tertiary alicyclic amines) is 2. The predicted octanol–water partition coefficient (Wildman–Crippen LogP) is 7.65. The number of nitrogens with one attached hydrogen (secondary N) is 1. The van der Waals surface area contributed by atoms with E-state index < -0.39 is 54.7 Å². The number of ether oxygens (including phenoxy) is 1. The van der Waals surface area contributed by atoms with Gasteiger partial charge < -0.3 is 29.4 Å². The molecule has 9 rings (SSSR count). The summed E-state index contributed by atoms with van der Waals surface area (Å²) in [5, 5.41) is 23.3. The van der Waals surface area contributed by atoms with Crippen LogP contribution in [-0.4, -0.2) is 87.8 Å². The number of carbonyl (C=O) groups excluding carboxylic acids is 3. The number of rotatable bonds is 10. The number of nitrogens with zero attached hydrogens (tertiary/aromatic N) is 4. The molecule has 15 heteroatoms. The van der Waals surface area contributed by atoms with Crippen LogP contribution in [0.5, 0.6) is 0 Å². The summed E-state index contributed by atoms with van der Waals surface area (Å²) >= 11 is 0. The lowest BCUT2D eigenvalue weighted by Crippen LogP contribution is -2.43. The van der Waals surface area contributed by atoms with Gasteiger partial charge in [-0.2, -0.15) is 5.26 Å². The highest BCUT2D eigenvalue weighted by Crippen LogP contribution is 2.42. The van der Waals surface area contributed by atoms with Gasteiger partial charge in [-0.25, -0.2) is 13.6 Å². The van der Waals surface area contributed by atoms with E-state index in [1.165, 1.54) is 30.5 Å². The number of aromatic nitrogens is 1. The molecule has 3 unspecified atom stereocenters. The molecule has 3 aromatic carbocycles. The molecule has 3 atom stereocenters. The Bertz CT molecular complexity index is 3100. The lowest BCUT2D eigenvalue weighted by atomic mass is 9.76. The van der Waals surface area contributed by atoms with Gasteiger partial charge in [-0.1, -0.05) is 43.3 Å². The number of hydrogen-bond acceptors (Lipinski definition) is 9. The first-order chi connectivity index (χ1) is 31.7. The number of amides is 3. The molecule has 4 heterocycles. The number of hydrogen-bond donors (Lipinski definition) is 2. The molecule has 5 aliphatic rings. The highest BCUT2D eigenvalue weighted by Gasteiger charge is 2.47. The maximum absolute atomic E-state index is 13.9. The average Bonchev–Trinajstić information content (AvgIpc) is 3.64. The third-order valence-corrected chi connectivity index (χ3v) is 12.7. The second-order valence-electron chi connectivity index (χ2n) is 17.3. The molecule has 1 aromatic heterocycles. The minimum Gasteiger partial charge on any atom is -0.489 e. The van der Waals surface area contributed by atoms with Crippen molar-refractivity contribution in [3.8, 4) is 28.5 Å². The molecule has 3 aliphatic heterocycles. The smallest absolute Gasteiger partial charge is 0.336 e. The molecule has 2 fully saturated rings. The number of alkyl halides is 2. The number of aromatic carboxylic acids is 1. The highest BCUT2D eigenvalue weighted by molar-refractivity contribution is 6.08. The molecule has 2 saturated heterocycles. The lowest BCUT2D eigenvalue weighted by Gasteiger charge is -2.35. The number of fused-ring (bicyclic) bond motifs is 3. The molecule has 334 valence electrons. The zero-order valence-corrected chi connectivity index (χ0v) is 35.8. The first-order valence-electron chi connectivity index (χ1n) is 21.6. The number of pyridine rings is 1. The van der Waals surface area contributed by atoms with Crippen LogP contribution in [0.25, 0.3) is 44.3 Å². The third kappa shape index (κ3) is 8.61. The van der Waals surface area contributed by atoms with Crippen LogP contribution >= 0.6 is 0 Å². The molecule has 3 amide bonds. The van der Waals surface area contributed by atoms with E-state index in [1.54, 1.807) is 41.3 Å². The molecule has 0 bridgehead atoms. The number of carboxylic acid groups (broad SMARTS) is 1. The summed E-state index contributed by atoms with van der Waals surface area (Å²) in [6.45, 7) is 1.55. The summed E-state index contributed by atoms with van der Waals surface area (Å²) in [6, 6.07) is 24.2. The summed E-state index contributed by atoms with van der Waals surface area (Å²) in [6.07, 6.45) is 8.46. The summed E-state index contributed by atoms with van der Waals surface area (Å²) in [4.78, 5) is 71.9. The van der Waals surface area contributed by atoms with Gasteiger partial charge in [0.2, 0.25) is 11.8 Å². The lowest BCUT2D eigenvalue weighted by molar-refractivity contribution is -0.133. The Morgan fingerprint density at radius 1 is 0.985 bits per heavy atom. The van der Waals surface area contributed by atoms with Crippen LogP contribution in [0, 0.1) is 11.3 Å². The van der Waals surface area contributed by atoms with Crippen molar-refractivity contribution in [2.75, 3.05) is 26.2 Å². The van der Waals surface area contributed by atoms with E-state index in [-0.39, 0.29) is 35.0 Å². The van der Waals surface area contributed by atoms with Crippen LogP contribution in [0.2, 0.25) is 0 Å². The number of para-hydroxylation sites is 1. The molecular weight excluding hydrogens is 849 g/mol. The zero-order valence-electron chi connectivity index (χ0n) is 35.8. The van der Waals surface area contributed by atoms with Crippen molar-refractivity contribution in [3.05, 3.63) is 148 Å². The fraction of sp³-hybridized carbons (Fsp3) is 0.275. The van der Waals surface area contributed by atoms with E-state index in [0.29, 0.717) is 75.2 Å². The van der Waals surface area contributed by atoms with Crippen molar-refractivity contribution < 1.29 is 42.2 Å². The molecule has 0 spiro atoms. The van der Waals surface area contributed by atoms with Crippen molar-refractivity contribution in [2.45, 2.75) is 62.5 Å². The fourth-order valence-corrected chi connectivity index (χ4v) is 9.21. The monoisotopic (exact) mass is 891 g/mol. The van der Waals surface area contributed by atoms with E-state index in [4.69, 9.17) is 9.15 Å². The third-order valence-electron chi connectivity index (χ3n) is 12.7. The second kappa shape index (κ2) is 17.3. The van der Waals surface area contributed by atoms with E-state index in [1.807, 2.05) is 48.6 Å². The predicted molar refractivity (Wildman–Crippen MR) is 240 cm³/mol. The van der Waals surface area contributed by atoms with Crippen molar-refractivity contribution in [1.82, 2.24) is 20.1 Å². The number of halogens is 2. The van der Waals surface area contributed by atoms with Gasteiger partial charge in [0.1, 0.15) is 29.2 Å². The first kappa shape index (κ1) is 43.5. The number of allylic oxidation sites excluding steroid dienone is 3. The van der Waals surface area contributed by atoms with Crippen molar-refractivity contribution in [2.24, 2.45) is 0 Å². The van der Waals surface area contributed by atoms with Crippen molar-refractivity contribution in [1.29, 1.82) is 5.26 Å². The standard InChI is InChI=1S/C51H43F2N5O8/c1-50(31-9-13-42-40(23-31)36(16-19-55-42)48(62)56-27-46(61)58-29-51(52,53)25-32(58)26-54)17-14-34(15-18-50)65-35-5-4-20-57(28-35)45(60)22-30-8-11-37(49(63)64)41(21-30)47-38-6-2-3-7-43(38)66-44-24-33(59)10-12-39(44)47/h2-3,6-17,19,21,23-24,32,35H,4-5,18,20,22,25,27-29H2,1H3,(H,56,62)(H,63,64). The SMILES string of the molecule is CC1(c2ccc3nccc(C(=O)NCC(=O)N4CC(F)(F)CC4C#N)c3c2)C=CC(OC2CCCN(C(=O)Cc3ccc(C(=O)O)c(-c4c5ccc(=O)cc-5oc5ccccc45)c3)C2)=CC1. The average molecular weight is 892 g/mol. The first-order valence-corrected chi connectivity index (χ1v) is 21.6. The van der Waals surface area contributed by atoms with Gasteiger partial charge in [-0.05, 0) is 96.6 Å². The van der Waals surface area contributed by atoms with Crippen molar-refractivity contribution >= 4 is 45.6 Å². The Morgan fingerprint density at radius 3 is 2.61 bits per heavy atom. The van der Waals surface area contributed by atoms with Gasteiger partial charge in [0.05, 0.1) is 48.8 Å². The van der Waals surface area contributed by atoms with Gasteiger partial charge in [0.25, 0.3) is 11.8 Å². The molecule has 2 aliphatic carbocycles. The Balaban J connectivity index is 0.861. The molecule has 4 aromatic rings. The van der Waals surface area contributed by atoms with E-state index in [2.05, 4.69) is 17.2 Å². The summed E-state index contributed by atoms with van der Waals surface area (Å²) in [7, 11) is 0. The normalized spacial score (nSPS) is 20.2. The minimum atomic E-state index is -3.17. The molecular formula is C51H43F2N5O8. The number of nitriles is 1. The number of carboxylic acids is 1. The largest absolute Gasteiger partial charge is 0.489 e. The molecule has 66 heavy (non-hydrogen) atoms.